The molecule has 0 amide bonds. The van der Waals surface area contributed by atoms with E-state index in [2.05, 4.69) is 9.97 Å². The van der Waals surface area contributed by atoms with Crippen molar-refractivity contribution in [2.75, 3.05) is 0 Å². The van der Waals surface area contributed by atoms with E-state index < -0.39 is 0 Å². The molecule has 2 rings (SSSR count). The molecule has 1 unspecified atom stereocenters. The summed E-state index contributed by atoms with van der Waals surface area (Å²) in [6.07, 6.45) is 2.95. The molecule has 0 fully saturated rings. The van der Waals surface area contributed by atoms with Gasteiger partial charge in [-0.05, 0) is 12.5 Å². The lowest BCUT2D eigenvalue weighted by Crippen LogP contribution is -2.13. The van der Waals surface area contributed by atoms with Crippen LogP contribution in [0.25, 0.3) is 0 Å². The first-order chi connectivity index (χ1) is 8.66. The molecule has 0 radical (unpaired) electrons. The minimum atomic E-state index is -0.109. The maximum absolute atomic E-state index is 5.70. The van der Waals surface area contributed by atoms with Gasteiger partial charge in [-0.15, -0.1) is 0 Å². The number of hydrogen-bond acceptors (Lipinski definition) is 4. The SMILES string of the molecule is CC(Oc1cncc(C(N)=S)n1)c1ccccc1. The molecule has 2 N–H and O–H groups in total. The molecule has 1 atom stereocenters. The predicted molar refractivity (Wildman–Crippen MR) is 73.4 cm³/mol. The molecule has 0 aliphatic heterocycles. The highest BCUT2D eigenvalue weighted by molar-refractivity contribution is 7.80. The van der Waals surface area contributed by atoms with E-state index in [1.807, 2.05) is 37.3 Å². The van der Waals surface area contributed by atoms with E-state index in [0.717, 1.165) is 5.56 Å². The van der Waals surface area contributed by atoms with E-state index in [1.54, 1.807) is 6.20 Å². The number of ether oxygens (including phenoxy) is 1. The zero-order valence-corrected chi connectivity index (χ0v) is 10.7. The van der Waals surface area contributed by atoms with Crippen molar-refractivity contribution in [3.8, 4) is 5.88 Å². The average molecular weight is 259 g/mol. The normalized spacial score (nSPS) is 11.8. The van der Waals surface area contributed by atoms with Gasteiger partial charge in [0.25, 0.3) is 0 Å². The summed E-state index contributed by atoms with van der Waals surface area (Å²) in [7, 11) is 0. The second kappa shape index (κ2) is 5.55. The number of benzene rings is 1. The van der Waals surface area contributed by atoms with Crippen LogP contribution in [0.3, 0.4) is 0 Å². The summed E-state index contributed by atoms with van der Waals surface area (Å²) in [6.45, 7) is 1.95. The van der Waals surface area contributed by atoms with Crippen LogP contribution in [0.1, 0.15) is 24.3 Å². The van der Waals surface area contributed by atoms with E-state index >= 15 is 0 Å². The van der Waals surface area contributed by atoms with Crippen LogP contribution in [-0.2, 0) is 0 Å². The number of nitrogens with two attached hydrogens (primary N) is 1. The van der Waals surface area contributed by atoms with Crippen molar-refractivity contribution in [3.63, 3.8) is 0 Å². The topological polar surface area (TPSA) is 61.0 Å². The third kappa shape index (κ3) is 3.01. The maximum atomic E-state index is 5.70. The summed E-state index contributed by atoms with van der Waals surface area (Å²) < 4.78 is 5.70. The smallest absolute Gasteiger partial charge is 0.233 e. The van der Waals surface area contributed by atoms with Crippen LogP contribution in [0, 0.1) is 0 Å². The van der Waals surface area contributed by atoms with Gasteiger partial charge in [-0.2, -0.15) is 0 Å². The minimum Gasteiger partial charge on any atom is -0.469 e. The zero-order valence-electron chi connectivity index (χ0n) is 9.91. The molecule has 0 saturated heterocycles. The number of thiocarbonyl (C=S) groups is 1. The molecule has 1 aromatic carbocycles. The van der Waals surface area contributed by atoms with Gasteiger partial charge in [0.2, 0.25) is 5.88 Å². The summed E-state index contributed by atoms with van der Waals surface area (Å²) in [5.74, 6) is 0.414. The van der Waals surface area contributed by atoms with Crippen molar-refractivity contribution in [3.05, 3.63) is 54.0 Å². The third-order valence-corrected chi connectivity index (χ3v) is 2.64. The molecule has 0 spiro atoms. The van der Waals surface area contributed by atoms with Crippen LogP contribution in [0.4, 0.5) is 0 Å². The Hall–Kier alpha value is -2.01. The number of aromatic nitrogens is 2. The highest BCUT2D eigenvalue weighted by atomic mass is 32.1. The third-order valence-electron chi connectivity index (χ3n) is 2.43. The molecule has 1 aromatic heterocycles. The van der Waals surface area contributed by atoms with Gasteiger partial charge >= 0.3 is 0 Å². The van der Waals surface area contributed by atoms with Crippen LogP contribution in [-0.4, -0.2) is 15.0 Å². The Bertz CT molecular complexity index is 545. The Balaban J connectivity index is 2.14. The molecular formula is C13H13N3OS. The van der Waals surface area contributed by atoms with Crippen LogP contribution in [0.2, 0.25) is 0 Å². The first-order valence-electron chi connectivity index (χ1n) is 5.50. The van der Waals surface area contributed by atoms with Crippen molar-refractivity contribution in [1.82, 2.24) is 9.97 Å². The van der Waals surface area contributed by atoms with Crippen LogP contribution >= 0.6 is 12.2 Å². The van der Waals surface area contributed by atoms with E-state index in [9.17, 15) is 0 Å². The van der Waals surface area contributed by atoms with Crippen LogP contribution < -0.4 is 10.5 Å². The molecule has 4 nitrogen and oxygen atoms in total. The second-order valence-electron chi connectivity index (χ2n) is 3.78. The Morgan fingerprint density at radius 1 is 1.28 bits per heavy atom. The molecular weight excluding hydrogens is 246 g/mol. The summed E-state index contributed by atoms with van der Waals surface area (Å²) in [4.78, 5) is 8.39. The number of rotatable bonds is 4. The van der Waals surface area contributed by atoms with Gasteiger partial charge in [-0.25, -0.2) is 4.98 Å². The van der Waals surface area contributed by atoms with Crippen molar-refractivity contribution in [2.45, 2.75) is 13.0 Å². The Morgan fingerprint density at radius 3 is 2.67 bits per heavy atom. The Morgan fingerprint density at radius 2 is 2.00 bits per heavy atom. The van der Waals surface area contributed by atoms with Crippen LogP contribution in [0.15, 0.2) is 42.7 Å². The monoisotopic (exact) mass is 259 g/mol. The molecule has 0 saturated carbocycles. The summed E-state index contributed by atoms with van der Waals surface area (Å²) in [6, 6.07) is 9.88. The van der Waals surface area contributed by atoms with E-state index in [4.69, 9.17) is 22.7 Å². The molecule has 0 aliphatic rings. The fraction of sp³-hybridized carbons (Fsp3) is 0.154. The summed E-state index contributed by atoms with van der Waals surface area (Å²) >= 11 is 4.85. The largest absolute Gasteiger partial charge is 0.469 e. The van der Waals surface area contributed by atoms with Gasteiger partial charge in [0, 0.05) is 0 Å². The van der Waals surface area contributed by atoms with Gasteiger partial charge in [0.15, 0.2) is 0 Å². The van der Waals surface area contributed by atoms with Crippen LogP contribution in [0.5, 0.6) is 5.88 Å². The molecule has 0 bridgehead atoms. The van der Waals surface area contributed by atoms with Gasteiger partial charge in [-0.1, -0.05) is 42.5 Å². The lowest BCUT2D eigenvalue weighted by atomic mass is 10.1. The standard InChI is InChI=1S/C13H13N3OS/c1-9(10-5-3-2-4-6-10)17-12-8-15-7-11(16-12)13(14)18/h2-9H,1H3,(H2,14,18). The maximum Gasteiger partial charge on any atom is 0.233 e. The summed E-state index contributed by atoms with van der Waals surface area (Å²) in [5.41, 5.74) is 7.03. The predicted octanol–water partition coefficient (Wildman–Crippen LogP) is 2.25. The fourth-order valence-corrected chi connectivity index (χ4v) is 1.60. The second-order valence-corrected chi connectivity index (χ2v) is 4.22. The zero-order chi connectivity index (χ0) is 13.0. The molecule has 1 heterocycles. The summed E-state index contributed by atoms with van der Waals surface area (Å²) in [5, 5.41) is 0. The Kier molecular flexibility index (Phi) is 3.84. The number of nitrogens with zero attached hydrogens (tertiary/aromatic N) is 2. The molecule has 92 valence electrons. The van der Waals surface area contributed by atoms with Gasteiger partial charge in [-0.3, -0.25) is 4.98 Å². The van der Waals surface area contributed by atoms with Gasteiger partial charge in [0.1, 0.15) is 16.8 Å². The lowest BCUT2D eigenvalue weighted by molar-refractivity contribution is 0.216. The number of hydrogen-bond donors (Lipinski definition) is 1. The van der Waals surface area contributed by atoms with Crippen molar-refractivity contribution < 1.29 is 4.74 Å². The van der Waals surface area contributed by atoms with Crippen molar-refractivity contribution >= 4 is 17.2 Å². The van der Waals surface area contributed by atoms with Crippen molar-refractivity contribution in [1.29, 1.82) is 0 Å². The highest BCUT2D eigenvalue weighted by Gasteiger charge is 2.09. The highest BCUT2D eigenvalue weighted by Crippen LogP contribution is 2.19. The lowest BCUT2D eigenvalue weighted by Gasteiger charge is -2.14. The van der Waals surface area contributed by atoms with Gasteiger partial charge < -0.3 is 10.5 Å². The quantitative estimate of drug-likeness (QED) is 0.853. The first kappa shape index (κ1) is 12.4. The minimum absolute atomic E-state index is 0.109. The fourth-order valence-electron chi connectivity index (χ4n) is 1.50. The van der Waals surface area contributed by atoms with E-state index in [1.165, 1.54) is 6.20 Å². The van der Waals surface area contributed by atoms with E-state index in [0.29, 0.717) is 11.6 Å². The molecule has 0 aliphatic carbocycles. The molecule has 18 heavy (non-hydrogen) atoms. The first-order valence-corrected chi connectivity index (χ1v) is 5.91. The van der Waals surface area contributed by atoms with E-state index in [-0.39, 0.29) is 11.1 Å². The molecule has 2 aromatic rings. The average Bonchev–Trinajstić information content (AvgIpc) is 2.40. The molecule has 5 heteroatoms. The van der Waals surface area contributed by atoms with Gasteiger partial charge in [0.05, 0.1) is 12.4 Å². The Labute approximate surface area is 111 Å². The van der Waals surface area contributed by atoms with Crippen molar-refractivity contribution in [2.24, 2.45) is 5.73 Å².